The molecule has 1 amide bonds. The topological polar surface area (TPSA) is 63.2 Å². The van der Waals surface area contributed by atoms with Gasteiger partial charge < -0.3 is 15.4 Å². The summed E-state index contributed by atoms with van der Waals surface area (Å²) in [4.78, 5) is 16.2. The van der Waals surface area contributed by atoms with Gasteiger partial charge in [0.15, 0.2) is 0 Å². The van der Waals surface area contributed by atoms with Gasteiger partial charge in [-0.3, -0.25) is 4.79 Å². The molecule has 1 aliphatic heterocycles. The lowest BCUT2D eigenvalue weighted by molar-refractivity contribution is 0.0117. The number of pyridine rings is 1. The lowest BCUT2D eigenvalue weighted by atomic mass is 10.1. The van der Waals surface area contributed by atoms with Crippen LogP contribution in [-0.2, 0) is 4.74 Å². The van der Waals surface area contributed by atoms with E-state index in [0.29, 0.717) is 18.2 Å². The Morgan fingerprint density at radius 1 is 1.50 bits per heavy atom. The smallest absolute Gasteiger partial charge is 0.251 e. The minimum atomic E-state index is -0.0534. The maximum atomic E-state index is 12.0. The molecule has 1 atom stereocenters. The van der Waals surface area contributed by atoms with E-state index in [9.17, 15) is 4.79 Å². The summed E-state index contributed by atoms with van der Waals surface area (Å²) in [5, 5.41) is 6.04. The predicted octanol–water partition coefficient (Wildman–Crippen LogP) is 2.20. The van der Waals surface area contributed by atoms with Crippen LogP contribution in [-0.4, -0.2) is 36.7 Å². The molecule has 0 aliphatic carbocycles. The van der Waals surface area contributed by atoms with Gasteiger partial charge >= 0.3 is 0 Å². The number of anilines is 1. The number of hydrogen-bond acceptors (Lipinski definition) is 4. The van der Waals surface area contributed by atoms with Gasteiger partial charge in [-0.1, -0.05) is 0 Å². The zero-order chi connectivity index (χ0) is 14.2. The Balaban J connectivity index is 1.77. The van der Waals surface area contributed by atoms with Gasteiger partial charge in [0, 0.05) is 31.5 Å². The van der Waals surface area contributed by atoms with E-state index >= 15 is 0 Å². The molecule has 1 unspecified atom stereocenters. The lowest BCUT2D eigenvalue weighted by Crippen LogP contribution is -2.29. The van der Waals surface area contributed by atoms with E-state index in [4.69, 9.17) is 4.74 Å². The standard InChI is InChI=1S/C15H23N3O2/c1-2-16-14-11-12(6-8-17-14)15(19)18-9-7-13-5-3-4-10-20-13/h6,8,11,13H,2-5,7,9-10H2,1H3,(H,16,17)(H,18,19). The van der Waals surface area contributed by atoms with Gasteiger partial charge in [0.1, 0.15) is 5.82 Å². The predicted molar refractivity (Wildman–Crippen MR) is 78.9 cm³/mol. The second kappa shape index (κ2) is 7.85. The van der Waals surface area contributed by atoms with Crippen LogP contribution in [0.3, 0.4) is 0 Å². The number of rotatable bonds is 6. The van der Waals surface area contributed by atoms with E-state index in [1.165, 1.54) is 6.42 Å². The van der Waals surface area contributed by atoms with Gasteiger partial charge in [-0.15, -0.1) is 0 Å². The van der Waals surface area contributed by atoms with E-state index in [0.717, 1.165) is 38.2 Å². The third-order valence-corrected chi connectivity index (χ3v) is 3.41. The second-order valence-electron chi connectivity index (χ2n) is 4.99. The molecule has 1 aromatic rings. The Hall–Kier alpha value is -1.62. The van der Waals surface area contributed by atoms with Crippen molar-refractivity contribution in [3.63, 3.8) is 0 Å². The molecule has 5 heteroatoms. The molecule has 5 nitrogen and oxygen atoms in total. The highest BCUT2D eigenvalue weighted by atomic mass is 16.5. The molecule has 0 aromatic carbocycles. The Labute approximate surface area is 120 Å². The van der Waals surface area contributed by atoms with Crippen molar-refractivity contribution in [1.29, 1.82) is 0 Å². The summed E-state index contributed by atoms with van der Waals surface area (Å²) in [5.41, 5.74) is 0.639. The molecule has 1 aromatic heterocycles. The Morgan fingerprint density at radius 3 is 3.15 bits per heavy atom. The van der Waals surface area contributed by atoms with Gasteiger partial charge in [0.25, 0.3) is 5.91 Å². The first-order valence-electron chi connectivity index (χ1n) is 7.39. The van der Waals surface area contributed by atoms with Crippen LogP contribution < -0.4 is 10.6 Å². The van der Waals surface area contributed by atoms with E-state index in [1.807, 2.05) is 6.92 Å². The first-order valence-corrected chi connectivity index (χ1v) is 7.39. The molecule has 2 heterocycles. The molecule has 20 heavy (non-hydrogen) atoms. The van der Waals surface area contributed by atoms with E-state index in [1.54, 1.807) is 18.3 Å². The first kappa shape index (κ1) is 14.8. The average molecular weight is 277 g/mol. The minimum Gasteiger partial charge on any atom is -0.378 e. The highest BCUT2D eigenvalue weighted by molar-refractivity contribution is 5.94. The summed E-state index contributed by atoms with van der Waals surface area (Å²) in [6, 6.07) is 3.50. The summed E-state index contributed by atoms with van der Waals surface area (Å²) in [5.74, 6) is 0.679. The second-order valence-corrected chi connectivity index (χ2v) is 4.99. The molecule has 2 N–H and O–H groups in total. The third-order valence-electron chi connectivity index (χ3n) is 3.41. The summed E-state index contributed by atoms with van der Waals surface area (Å²) >= 11 is 0. The summed E-state index contributed by atoms with van der Waals surface area (Å²) in [7, 11) is 0. The van der Waals surface area contributed by atoms with E-state index in [2.05, 4.69) is 15.6 Å². The van der Waals surface area contributed by atoms with Crippen LogP contribution in [0.15, 0.2) is 18.3 Å². The largest absolute Gasteiger partial charge is 0.378 e. The SMILES string of the molecule is CCNc1cc(C(=O)NCCC2CCCCO2)ccn1. The fourth-order valence-corrected chi connectivity index (χ4v) is 2.33. The minimum absolute atomic E-state index is 0.0534. The van der Waals surface area contributed by atoms with Crippen LogP contribution in [0.4, 0.5) is 5.82 Å². The van der Waals surface area contributed by atoms with Crippen LogP contribution in [0.1, 0.15) is 43.0 Å². The number of carbonyl (C=O) groups is 1. The fourth-order valence-electron chi connectivity index (χ4n) is 2.33. The van der Waals surface area contributed by atoms with Crippen molar-refractivity contribution < 1.29 is 9.53 Å². The normalized spacial score (nSPS) is 18.6. The van der Waals surface area contributed by atoms with Gasteiger partial charge in [-0.2, -0.15) is 0 Å². The fraction of sp³-hybridized carbons (Fsp3) is 0.600. The summed E-state index contributed by atoms with van der Waals surface area (Å²) in [6.45, 7) is 4.30. The monoisotopic (exact) mass is 277 g/mol. The molecule has 0 saturated carbocycles. The van der Waals surface area contributed by atoms with Gasteiger partial charge in [-0.05, 0) is 44.7 Å². The highest BCUT2D eigenvalue weighted by Crippen LogP contribution is 2.15. The molecule has 110 valence electrons. The average Bonchev–Trinajstić information content (AvgIpc) is 2.49. The van der Waals surface area contributed by atoms with Crippen molar-refractivity contribution in [2.24, 2.45) is 0 Å². The number of ether oxygens (including phenoxy) is 1. The quantitative estimate of drug-likeness (QED) is 0.836. The van der Waals surface area contributed by atoms with Crippen molar-refractivity contribution in [3.05, 3.63) is 23.9 Å². The zero-order valence-electron chi connectivity index (χ0n) is 12.0. The van der Waals surface area contributed by atoms with E-state index < -0.39 is 0 Å². The number of nitrogens with one attached hydrogen (secondary N) is 2. The number of hydrogen-bond donors (Lipinski definition) is 2. The van der Waals surface area contributed by atoms with Crippen molar-refractivity contribution in [3.8, 4) is 0 Å². The van der Waals surface area contributed by atoms with Gasteiger partial charge in [0.2, 0.25) is 0 Å². The number of amides is 1. The summed E-state index contributed by atoms with van der Waals surface area (Å²) < 4.78 is 5.65. The Kier molecular flexibility index (Phi) is 5.80. The maximum Gasteiger partial charge on any atom is 0.251 e. The highest BCUT2D eigenvalue weighted by Gasteiger charge is 2.14. The molecule has 0 radical (unpaired) electrons. The summed E-state index contributed by atoms with van der Waals surface area (Å²) in [6.07, 6.45) is 6.34. The van der Waals surface area contributed by atoms with E-state index in [-0.39, 0.29) is 5.91 Å². The lowest BCUT2D eigenvalue weighted by Gasteiger charge is -2.22. The zero-order valence-corrected chi connectivity index (χ0v) is 12.0. The van der Waals surface area contributed by atoms with Crippen molar-refractivity contribution >= 4 is 11.7 Å². The van der Waals surface area contributed by atoms with Crippen LogP contribution in [0.2, 0.25) is 0 Å². The molecule has 2 rings (SSSR count). The van der Waals surface area contributed by atoms with Crippen molar-refractivity contribution in [1.82, 2.24) is 10.3 Å². The Bertz CT molecular complexity index is 431. The van der Waals surface area contributed by atoms with Crippen molar-refractivity contribution in [2.75, 3.05) is 25.0 Å². The molecule has 0 bridgehead atoms. The van der Waals surface area contributed by atoms with Crippen LogP contribution in [0.25, 0.3) is 0 Å². The molecular formula is C15H23N3O2. The van der Waals surface area contributed by atoms with Crippen LogP contribution in [0, 0.1) is 0 Å². The molecule has 0 spiro atoms. The number of nitrogens with zero attached hydrogens (tertiary/aromatic N) is 1. The molecule has 1 fully saturated rings. The Morgan fingerprint density at radius 2 is 2.40 bits per heavy atom. The molecule has 1 aliphatic rings. The van der Waals surface area contributed by atoms with Gasteiger partial charge in [0.05, 0.1) is 6.10 Å². The van der Waals surface area contributed by atoms with Gasteiger partial charge in [-0.25, -0.2) is 4.98 Å². The molecule has 1 saturated heterocycles. The number of aromatic nitrogens is 1. The first-order chi connectivity index (χ1) is 9.79. The third kappa shape index (κ3) is 4.49. The number of carbonyl (C=O) groups excluding carboxylic acids is 1. The van der Waals surface area contributed by atoms with Crippen molar-refractivity contribution in [2.45, 2.75) is 38.7 Å². The molecular weight excluding hydrogens is 254 g/mol. The van der Waals surface area contributed by atoms with Crippen LogP contribution >= 0.6 is 0 Å². The van der Waals surface area contributed by atoms with Crippen LogP contribution in [0.5, 0.6) is 0 Å². The maximum absolute atomic E-state index is 12.0.